The standard InChI is InChI=1S/C22H29N3/c1-17(2)18-5-3-6-19(15-18)20-9-10-22(23-16-20)25-13-11-24(12-14-25)21-7-4-8-21/h3,5-6,9-10,15-17,21H,4,7-8,11-14H2,1-2H3. The molecular weight excluding hydrogens is 306 g/mol. The van der Waals surface area contributed by atoms with Crippen LogP contribution in [0.5, 0.6) is 0 Å². The van der Waals surface area contributed by atoms with Crippen LogP contribution in [0.2, 0.25) is 0 Å². The topological polar surface area (TPSA) is 19.4 Å². The summed E-state index contributed by atoms with van der Waals surface area (Å²) in [5.41, 5.74) is 3.85. The van der Waals surface area contributed by atoms with E-state index in [4.69, 9.17) is 4.98 Å². The molecule has 3 nitrogen and oxygen atoms in total. The zero-order chi connectivity index (χ0) is 17.2. The van der Waals surface area contributed by atoms with E-state index in [-0.39, 0.29) is 0 Å². The monoisotopic (exact) mass is 335 g/mol. The minimum atomic E-state index is 0.555. The number of hydrogen-bond donors (Lipinski definition) is 0. The Labute approximate surface area is 151 Å². The summed E-state index contributed by atoms with van der Waals surface area (Å²) in [7, 11) is 0. The maximum Gasteiger partial charge on any atom is 0.128 e. The van der Waals surface area contributed by atoms with Gasteiger partial charge in [-0.2, -0.15) is 0 Å². The number of nitrogens with zero attached hydrogens (tertiary/aromatic N) is 3. The molecule has 0 N–H and O–H groups in total. The smallest absolute Gasteiger partial charge is 0.128 e. The van der Waals surface area contributed by atoms with Crippen LogP contribution < -0.4 is 4.90 Å². The second kappa shape index (κ2) is 7.17. The summed E-state index contributed by atoms with van der Waals surface area (Å²) in [4.78, 5) is 9.87. The predicted octanol–water partition coefficient (Wildman–Crippen LogP) is 4.55. The summed E-state index contributed by atoms with van der Waals surface area (Å²) >= 11 is 0. The number of anilines is 1. The van der Waals surface area contributed by atoms with E-state index < -0.39 is 0 Å². The number of rotatable bonds is 4. The van der Waals surface area contributed by atoms with Crippen LogP contribution in [0.15, 0.2) is 42.6 Å². The fourth-order valence-corrected chi connectivity index (χ4v) is 3.89. The molecule has 2 fully saturated rings. The van der Waals surface area contributed by atoms with Crippen LogP contribution in [0.4, 0.5) is 5.82 Å². The lowest BCUT2D eigenvalue weighted by Gasteiger charge is -2.43. The van der Waals surface area contributed by atoms with Crippen LogP contribution in [0.1, 0.15) is 44.6 Å². The highest BCUT2D eigenvalue weighted by molar-refractivity contribution is 5.64. The third kappa shape index (κ3) is 3.57. The molecule has 3 heteroatoms. The van der Waals surface area contributed by atoms with E-state index in [2.05, 4.69) is 60.0 Å². The molecule has 0 atom stereocenters. The van der Waals surface area contributed by atoms with Crippen LogP contribution in [-0.2, 0) is 0 Å². The molecule has 132 valence electrons. The fourth-order valence-electron chi connectivity index (χ4n) is 3.89. The van der Waals surface area contributed by atoms with E-state index in [0.717, 1.165) is 24.9 Å². The highest BCUT2D eigenvalue weighted by atomic mass is 15.3. The molecule has 25 heavy (non-hydrogen) atoms. The van der Waals surface area contributed by atoms with Crippen molar-refractivity contribution in [1.82, 2.24) is 9.88 Å². The van der Waals surface area contributed by atoms with Gasteiger partial charge in [0.05, 0.1) is 0 Å². The summed E-state index contributed by atoms with van der Waals surface area (Å²) in [6, 6.07) is 14.1. The van der Waals surface area contributed by atoms with Crippen molar-refractivity contribution < 1.29 is 0 Å². The molecular formula is C22H29N3. The molecule has 0 radical (unpaired) electrons. The molecule has 4 rings (SSSR count). The summed E-state index contributed by atoms with van der Waals surface area (Å²) in [5, 5.41) is 0. The van der Waals surface area contributed by atoms with Gasteiger partial charge < -0.3 is 4.90 Å². The molecule has 0 amide bonds. The number of hydrogen-bond acceptors (Lipinski definition) is 3. The van der Waals surface area contributed by atoms with Gasteiger partial charge in [0.2, 0.25) is 0 Å². The maximum atomic E-state index is 4.76. The van der Waals surface area contributed by atoms with E-state index in [1.165, 1.54) is 49.0 Å². The van der Waals surface area contributed by atoms with Gasteiger partial charge in [0.15, 0.2) is 0 Å². The number of benzene rings is 1. The lowest BCUT2D eigenvalue weighted by molar-refractivity contribution is 0.120. The second-order valence-electron chi connectivity index (χ2n) is 7.79. The third-order valence-corrected chi connectivity index (χ3v) is 5.86. The van der Waals surface area contributed by atoms with Gasteiger partial charge in [0, 0.05) is 44.0 Å². The van der Waals surface area contributed by atoms with Gasteiger partial charge in [0.1, 0.15) is 5.82 Å². The Morgan fingerprint density at radius 2 is 1.76 bits per heavy atom. The van der Waals surface area contributed by atoms with Crippen LogP contribution >= 0.6 is 0 Å². The van der Waals surface area contributed by atoms with Gasteiger partial charge in [-0.1, -0.05) is 44.5 Å². The summed E-state index contributed by atoms with van der Waals surface area (Å²) in [6.45, 7) is 9.06. The molecule has 1 saturated carbocycles. The van der Waals surface area contributed by atoms with Crippen LogP contribution in [-0.4, -0.2) is 42.1 Å². The molecule has 1 aromatic carbocycles. The van der Waals surface area contributed by atoms with Crippen LogP contribution in [0.3, 0.4) is 0 Å². The maximum absolute atomic E-state index is 4.76. The Balaban J connectivity index is 1.43. The second-order valence-corrected chi connectivity index (χ2v) is 7.79. The Bertz CT molecular complexity index is 695. The molecule has 0 spiro atoms. The van der Waals surface area contributed by atoms with Crippen molar-refractivity contribution in [3.05, 3.63) is 48.2 Å². The average molecular weight is 335 g/mol. The first kappa shape index (κ1) is 16.6. The van der Waals surface area contributed by atoms with Crippen molar-refractivity contribution in [2.24, 2.45) is 0 Å². The Kier molecular flexibility index (Phi) is 4.76. The first-order valence-electron chi connectivity index (χ1n) is 9.76. The minimum absolute atomic E-state index is 0.555. The Morgan fingerprint density at radius 1 is 0.960 bits per heavy atom. The van der Waals surface area contributed by atoms with Crippen molar-refractivity contribution >= 4 is 5.82 Å². The number of piperazine rings is 1. The molecule has 0 bridgehead atoms. The summed E-state index contributed by atoms with van der Waals surface area (Å²) in [5.74, 6) is 1.68. The molecule has 1 aromatic heterocycles. The normalized spacial score (nSPS) is 19.2. The molecule has 2 heterocycles. The zero-order valence-electron chi connectivity index (χ0n) is 15.5. The summed E-state index contributed by atoms with van der Waals surface area (Å²) < 4.78 is 0. The number of aromatic nitrogens is 1. The van der Waals surface area contributed by atoms with Crippen molar-refractivity contribution in [2.45, 2.75) is 45.1 Å². The quantitative estimate of drug-likeness (QED) is 0.817. The molecule has 2 aliphatic rings. The van der Waals surface area contributed by atoms with Crippen LogP contribution in [0, 0.1) is 0 Å². The molecule has 1 aliphatic carbocycles. The fraction of sp³-hybridized carbons (Fsp3) is 0.500. The van der Waals surface area contributed by atoms with Crippen molar-refractivity contribution in [3.63, 3.8) is 0 Å². The zero-order valence-corrected chi connectivity index (χ0v) is 15.5. The Hall–Kier alpha value is -1.87. The van der Waals surface area contributed by atoms with Gasteiger partial charge in [-0.05, 0) is 42.0 Å². The first-order chi connectivity index (χ1) is 12.2. The summed E-state index contributed by atoms with van der Waals surface area (Å²) in [6.07, 6.45) is 6.27. The third-order valence-electron chi connectivity index (χ3n) is 5.86. The first-order valence-corrected chi connectivity index (χ1v) is 9.76. The van der Waals surface area contributed by atoms with E-state index in [9.17, 15) is 0 Å². The van der Waals surface area contributed by atoms with Gasteiger partial charge >= 0.3 is 0 Å². The van der Waals surface area contributed by atoms with Gasteiger partial charge in [-0.3, -0.25) is 4.90 Å². The van der Waals surface area contributed by atoms with Gasteiger partial charge in [0.25, 0.3) is 0 Å². The number of pyridine rings is 1. The van der Waals surface area contributed by atoms with E-state index in [0.29, 0.717) is 5.92 Å². The largest absolute Gasteiger partial charge is 0.354 e. The van der Waals surface area contributed by atoms with Gasteiger partial charge in [-0.25, -0.2) is 4.98 Å². The molecule has 1 aliphatic heterocycles. The van der Waals surface area contributed by atoms with Crippen LogP contribution in [0.25, 0.3) is 11.1 Å². The van der Waals surface area contributed by atoms with E-state index in [1.807, 2.05) is 6.20 Å². The molecule has 2 aromatic rings. The van der Waals surface area contributed by atoms with Crippen molar-refractivity contribution in [2.75, 3.05) is 31.1 Å². The SMILES string of the molecule is CC(C)c1cccc(-c2ccc(N3CCN(C4CCC4)CC3)nc2)c1. The van der Waals surface area contributed by atoms with Crippen molar-refractivity contribution in [3.8, 4) is 11.1 Å². The average Bonchev–Trinajstić information content (AvgIpc) is 2.61. The Morgan fingerprint density at radius 3 is 2.36 bits per heavy atom. The van der Waals surface area contributed by atoms with Crippen molar-refractivity contribution in [1.29, 1.82) is 0 Å². The molecule has 1 saturated heterocycles. The van der Waals surface area contributed by atoms with Gasteiger partial charge in [-0.15, -0.1) is 0 Å². The lowest BCUT2D eigenvalue weighted by Crippen LogP contribution is -2.52. The van der Waals surface area contributed by atoms with E-state index in [1.54, 1.807) is 0 Å². The lowest BCUT2D eigenvalue weighted by atomic mass is 9.91. The minimum Gasteiger partial charge on any atom is -0.354 e. The van der Waals surface area contributed by atoms with E-state index >= 15 is 0 Å². The highest BCUT2D eigenvalue weighted by Crippen LogP contribution is 2.27. The predicted molar refractivity (Wildman–Crippen MR) is 105 cm³/mol. The molecule has 0 unspecified atom stereocenters. The highest BCUT2D eigenvalue weighted by Gasteiger charge is 2.28.